The van der Waals surface area contributed by atoms with Crippen LogP contribution in [-0.4, -0.2) is 45.0 Å². The first-order chi connectivity index (χ1) is 12.3. The van der Waals surface area contributed by atoms with E-state index in [4.69, 9.17) is 9.47 Å². The van der Waals surface area contributed by atoms with Crippen molar-refractivity contribution >= 4 is 15.7 Å². The second-order valence-electron chi connectivity index (χ2n) is 5.56. The normalized spacial score (nSPS) is 11.4. The summed E-state index contributed by atoms with van der Waals surface area (Å²) in [6.07, 6.45) is 0. The number of hydrogen-bond acceptors (Lipinski definition) is 6. The van der Waals surface area contributed by atoms with Crippen molar-refractivity contribution in [2.45, 2.75) is 11.8 Å². The summed E-state index contributed by atoms with van der Waals surface area (Å²) in [5.74, 6) is 1.28. The van der Waals surface area contributed by atoms with Crippen LogP contribution in [0, 0.1) is 17.0 Å². The molecule has 2 rings (SSSR count). The minimum absolute atomic E-state index is 0.0933. The van der Waals surface area contributed by atoms with Gasteiger partial charge in [-0.3, -0.25) is 10.1 Å². The Morgan fingerprint density at radius 1 is 1.12 bits per heavy atom. The average molecular weight is 380 g/mol. The minimum atomic E-state index is -3.85. The highest BCUT2D eigenvalue weighted by molar-refractivity contribution is 7.89. The van der Waals surface area contributed by atoms with Crippen molar-refractivity contribution in [3.05, 3.63) is 58.1 Å². The van der Waals surface area contributed by atoms with Crippen molar-refractivity contribution in [1.82, 2.24) is 4.31 Å². The number of nitrogens with zero attached hydrogens (tertiary/aromatic N) is 2. The van der Waals surface area contributed by atoms with Gasteiger partial charge in [0.15, 0.2) is 0 Å². The van der Waals surface area contributed by atoms with Gasteiger partial charge in [-0.25, -0.2) is 8.42 Å². The molecule has 0 saturated carbocycles. The molecular weight excluding hydrogens is 360 g/mol. The van der Waals surface area contributed by atoms with Crippen LogP contribution in [0.15, 0.2) is 47.4 Å². The Kier molecular flexibility index (Phi) is 6.17. The summed E-state index contributed by atoms with van der Waals surface area (Å²) in [7, 11) is -0.886. The number of ether oxygens (including phenoxy) is 2. The summed E-state index contributed by atoms with van der Waals surface area (Å²) in [5, 5.41) is 11.0. The molecule has 0 fully saturated rings. The third-order valence-electron chi connectivity index (χ3n) is 3.82. The van der Waals surface area contributed by atoms with Crippen molar-refractivity contribution < 1.29 is 22.8 Å². The third kappa shape index (κ3) is 4.50. The first kappa shape index (κ1) is 19.7. The van der Waals surface area contributed by atoms with E-state index in [1.165, 1.54) is 19.2 Å². The lowest BCUT2D eigenvalue weighted by Crippen LogP contribution is -2.31. The standard InChI is InChI=1S/C17H20N2O6S/c1-13-4-9-16(12-17(13)19(20)21)26(22,23)18(2)10-11-25-15-7-5-14(24-3)6-8-15/h4-9,12H,10-11H2,1-3H3. The van der Waals surface area contributed by atoms with Gasteiger partial charge in [-0.2, -0.15) is 4.31 Å². The number of methoxy groups -OCH3 is 1. The zero-order valence-electron chi connectivity index (χ0n) is 14.7. The average Bonchev–Trinajstić information content (AvgIpc) is 2.62. The summed E-state index contributed by atoms with van der Waals surface area (Å²) < 4.78 is 36.8. The number of nitro benzene ring substituents is 1. The molecule has 2 aromatic rings. The van der Waals surface area contributed by atoms with Gasteiger partial charge in [0.25, 0.3) is 5.69 Å². The second-order valence-corrected chi connectivity index (χ2v) is 7.60. The highest BCUT2D eigenvalue weighted by Gasteiger charge is 2.24. The van der Waals surface area contributed by atoms with Crippen LogP contribution in [0.5, 0.6) is 11.5 Å². The topological polar surface area (TPSA) is 99.0 Å². The fraction of sp³-hybridized carbons (Fsp3) is 0.294. The minimum Gasteiger partial charge on any atom is -0.497 e. The predicted molar refractivity (Wildman–Crippen MR) is 96.1 cm³/mol. The molecule has 26 heavy (non-hydrogen) atoms. The van der Waals surface area contributed by atoms with E-state index in [-0.39, 0.29) is 23.7 Å². The highest BCUT2D eigenvalue weighted by atomic mass is 32.2. The molecule has 0 aliphatic heterocycles. The number of hydrogen-bond donors (Lipinski definition) is 0. The number of likely N-dealkylation sites (N-methyl/N-ethyl adjacent to an activating group) is 1. The molecule has 0 atom stereocenters. The molecule has 0 N–H and O–H groups in total. The number of benzene rings is 2. The van der Waals surface area contributed by atoms with Crippen LogP contribution in [0.2, 0.25) is 0 Å². The van der Waals surface area contributed by atoms with Crippen molar-refractivity contribution in [3.8, 4) is 11.5 Å². The molecule has 0 unspecified atom stereocenters. The maximum absolute atomic E-state index is 12.6. The lowest BCUT2D eigenvalue weighted by molar-refractivity contribution is -0.385. The Morgan fingerprint density at radius 2 is 1.73 bits per heavy atom. The zero-order chi connectivity index (χ0) is 19.3. The molecule has 9 heteroatoms. The Balaban J connectivity index is 2.04. The summed E-state index contributed by atoms with van der Waals surface area (Å²) in [5.41, 5.74) is 0.174. The maximum atomic E-state index is 12.6. The lowest BCUT2D eigenvalue weighted by Gasteiger charge is -2.17. The smallest absolute Gasteiger partial charge is 0.273 e. The van der Waals surface area contributed by atoms with E-state index < -0.39 is 14.9 Å². The highest BCUT2D eigenvalue weighted by Crippen LogP contribution is 2.24. The van der Waals surface area contributed by atoms with Crippen LogP contribution in [-0.2, 0) is 10.0 Å². The zero-order valence-corrected chi connectivity index (χ0v) is 15.5. The van der Waals surface area contributed by atoms with Crippen molar-refractivity contribution in [3.63, 3.8) is 0 Å². The number of nitro groups is 1. The molecule has 0 radical (unpaired) electrons. The molecule has 0 aliphatic rings. The van der Waals surface area contributed by atoms with Gasteiger partial charge >= 0.3 is 0 Å². The largest absolute Gasteiger partial charge is 0.497 e. The van der Waals surface area contributed by atoms with E-state index in [0.29, 0.717) is 17.1 Å². The summed E-state index contributed by atoms with van der Waals surface area (Å²) in [6.45, 7) is 1.78. The molecular formula is C17H20N2O6S. The van der Waals surface area contributed by atoms with E-state index in [1.807, 2.05) is 0 Å². The summed E-state index contributed by atoms with van der Waals surface area (Å²) >= 11 is 0. The number of sulfonamides is 1. The van der Waals surface area contributed by atoms with Crippen LogP contribution in [0.3, 0.4) is 0 Å². The van der Waals surface area contributed by atoms with Crippen LogP contribution in [0.25, 0.3) is 0 Å². The monoisotopic (exact) mass is 380 g/mol. The van der Waals surface area contributed by atoms with E-state index in [9.17, 15) is 18.5 Å². The first-order valence-electron chi connectivity index (χ1n) is 7.74. The van der Waals surface area contributed by atoms with Crippen molar-refractivity contribution in [2.75, 3.05) is 27.3 Å². The first-order valence-corrected chi connectivity index (χ1v) is 9.18. The Bertz CT molecular complexity index is 881. The Hall–Kier alpha value is -2.65. The number of rotatable bonds is 8. The van der Waals surface area contributed by atoms with Gasteiger partial charge in [0, 0.05) is 25.2 Å². The van der Waals surface area contributed by atoms with Gasteiger partial charge in [-0.15, -0.1) is 0 Å². The summed E-state index contributed by atoms with van der Waals surface area (Å²) in [4.78, 5) is 10.3. The predicted octanol–water partition coefficient (Wildman–Crippen LogP) is 2.61. The fourth-order valence-electron chi connectivity index (χ4n) is 2.21. The molecule has 140 valence electrons. The maximum Gasteiger partial charge on any atom is 0.273 e. The fourth-order valence-corrected chi connectivity index (χ4v) is 3.39. The molecule has 8 nitrogen and oxygen atoms in total. The molecule has 0 heterocycles. The van der Waals surface area contributed by atoms with E-state index in [0.717, 1.165) is 10.4 Å². The molecule has 0 saturated heterocycles. The molecule has 2 aromatic carbocycles. The van der Waals surface area contributed by atoms with E-state index >= 15 is 0 Å². The van der Waals surface area contributed by atoms with Gasteiger partial charge in [-0.1, -0.05) is 6.07 Å². The lowest BCUT2D eigenvalue weighted by atomic mass is 10.2. The molecule has 0 aliphatic carbocycles. The molecule has 0 aromatic heterocycles. The molecule has 0 spiro atoms. The van der Waals surface area contributed by atoms with Gasteiger partial charge in [0.05, 0.1) is 16.9 Å². The van der Waals surface area contributed by atoms with Gasteiger partial charge in [-0.05, 0) is 37.3 Å². The van der Waals surface area contributed by atoms with Gasteiger partial charge < -0.3 is 9.47 Å². The quantitative estimate of drug-likeness (QED) is 0.516. The third-order valence-corrected chi connectivity index (χ3v) is 5.67. The van der Waals surface area contributed by atoms with Crippen LogP contribution < -0.4 is 9.47 Å². The van der Waals surface area contributed by atoms with E-state index in [2.05, 4.69) is 0 Å². The summed E-state index contributed by atoms with van der Waals surface area (Å²) in [6, 6.07) is 10.8. The van der Waals surface area contributed by atoms with Crippen LogP contribution in [0.1, 0.15) is 5.56 Å². The van der Waals surface area contributed by atoms with E-state index in [1.54, 1.807) is 38.3 Å². The van der Waals surface area contributed by atoms with Crippen LogP contribution >= 0.6 is 0 Å². The van der Waals surface area contributed by atoms with Gasteiger partial charge in [0.2, 0.25) is 10.0 Å². The Morgan fingerprint density at radius 3 is 2.31 bits per heavy atom. The van der Waals surface area contributed by atoms with Crippen LogP contribution in [0.4, 0.5) is 5.69 Å². The number of aryl methyl sites for hydroxylation is 1. The SMILES string of the molecule is COc1ccc(OCCN(C)S(=O)(=O)c2ccc(C)c([N+](=O)[O-])c2)cc1. The molecule has 0 amide bonds. The Labute approximate surface area is 152 Å². The second kappa shape index (κ2) is 8.15. The molecule has 0 bridgehead atoms. The van der Waals surface area contributed by atoms with Gasteiger partial charge in [0.1, 0.15) is 18.1 Å². The van der Waals surface area contributed by atoms with Crippen molar-refractivity contribution in [2.24, 2.45) is 0 Å². The van der Waals surface area contributed by atoms with Crippen molar-refractivity contribution in [1.29, 1.82) is 0 Å².